The second-order valence-electron chi connectivity index (χ2n) is 5.44. The van der Waals surface area contributed by atoms with E-state index in [1.807, 2.05) is 0 Å². The highest BCUT2D eigenvalue weighted by Gasteiger charge is 2.60. The van der Waals surface area contributed by atoms with Crippen molar-refractivity contribution in [1.29, 1.82) is 0 Å². The normalized spacial score (nSPS) is 41.5. The lowest BCUT2D eigenvalue weighted by Crippen LogP contribution is -2.37. The molecule has 0 aromatic carbocycles. The van der Waals surface area contributed by atoms with E-state index in [1.165, 1.54) is 32.1 Å². The van der Waals surface area contributed by atoms with Crippen molar-refractivity contribution in [3.05, 3.63) is 0 Å². The molecule has 3 nitrogen and oxygen atoms in total. The van der Waals surface area contributed by atoms with Crippen molar-refractivity contribution in [1.82, 2.24) is 4.90 Å². The van der Waals surface area contributed by atoms with E-state index in [0.29, 0.717) is 11.8 Å². The molecule has 0 radical (unpaired) electrons. The van der Waals surface area contributed by atoms with Gasteiger partial charge in [-0.05, 0) is 24.7 Å². The Kier molecular flexibility index (Phi) is 2.23. The van der Waals surface area contributed by atoms with Crippen molar-refractivity contribution < 1.29 is 9.90 Å². The van der Waals surface area contributed by atoms with Gasteiger partial charge in [-0.1, -0.05) is 19.3 Å². The monoisotopic (exact) mass is 209 g/mol. The van der Waals surface area contributed by atoms with Crippen LogP contribution in [0.15, 0.2) is 0 Å². The van der Waals surface area contributed by atoms with Gasteiger partial charge in [0.05, 0.1) is 5.92 Å². The SMILES string of the molecule is O=C(O)C1C2CN(C3CCCCC3)CC21. The van der Waals surface area contributed by atoms with Crippen LogP contribution in [0.3, 0.4) is 0 Å². The zero-order valence-electron chi connectivity index (χ0n) is 9.06. The van der Waals surface area contributed by atoms with Gasteiger partial charge in [-0.25, -0.2) is 0 Å². The third-order valence-corrected chi connectivity index (χ3v) is 4.60. The van der Waals surface area contributed by atoms with Crippen LogP contribution >= 0.6 is 0 Å². The number of likely N-dealkylation sites (tertiary alicyclic amines) is 1. The third-order valence-electron chi connectivity index (χ3n) is 4.60. The summed E-state index contributed by atoms with van der Waals surface area (Å²) in [6.45, 7) is 2.12. The standard InChI is InChI=1S/C12H19NO2/c14-12(15)11-9-6-13(7-10(9)11)8-4-2-1-3-5-8/h8-11H,1-7H2,(H,14,15). The van der Waals surface area contributed by atoms with Gasteiger partial charge in [0.15, 0.2) is 0 Å². The minimum absolute atomic E-state index is 0.00448. The lowest BCUT2D eigenvalue weighted by Gasteiger charge is -2.32. The molecule has 3 heteroatoms. The van der Waals surface area contributed by atoms with E-state index >= 15 is 0 Å². The molecule has 3 rings (SSSR count). The Morgan fingerprint density at radius 1 is 1.07 bits per heavy atom. The molecule has 1 N–H and O–H groups in total. The first-order chi connectivity index (χ1) is 7.27. The lowest BCUT2D eigenvalue weighted by molar-refractivity contribution is -0.139. The summed E-state index contributed by atoms with van der Waals surface area (Å²) >= 11 is 0. The Morgan fingerprint density at radius 2 is 1.67 bits per heavy atom. The van der Waals surface area contributed by atoms with Gasteiger partial charge in [0.25, 0.3) is 0 Å². The highest BCUT2D eigenvalue weighted by Crippen LogP contribution is 2.52. The van der Waals surface area contributed by atoms with Crippen molar-refractivity contribution >= 4 is 5.97 Å². The molecule has 0 amide bonds. The Labute approximate surface area is 90.5 Å². The van der Waals surface area contributed by atoms with Crippen LogP contribution in [0.25, 0.3) is 0 Å². The number of nitrogens with zero attached hydrogens (tertiary/aromatic N) is 1. The fraction of sp³-hybridized carbons (Fsp3) is 0.917. The topological polar surface area (TPSA) is 40.5 Å². The number of fused-ring (bicyclic) bond motifs is 1. The second kappa shape index (κ2) is 3.48. The van der Waals surface area contributed by atoms with Crippen LogP contribution in [-0.4, -0.2) is 35.1 Å². The smallest absolute Gasteiger partial charge is 0.307 e. The molecule has 0 bridgehead atoms. The molecule has 1 heterocycles. The van der Waals surface area contributed by atoms with Gasteiger partial charge in [0.2, 0.25) is 0 Å². The van der Waals surface area contributed by atoms with Crippen molar-refractivity contribution in [2.75, 3.05) is 13.1 Å². The van der Waals surface area contributed by atoms with Gasteiger partial charge >= 0.3 is 5.97 Å². The van der Waals surface area contributed by atoms with Crippen molar-refractivity contribution in [2.45, 2.75) is 38.1 Å². The third kappa shape index (κ3) is 1.57. The first-order valence-electron chi connectivity index (χ1n) is 6.24. The summed E-state index contributed by atoms with van der Waals surface area (Å²) in [5, 5.41) is 8.94. The van der Waals surface area contributed by atoms with Crippen LogP contribution in [0, 0.1) is 17.8 Å². The Hall–Kier alpha value is -0.570. The average molecular weight is 209 g/mol. The largest absolute Gasteiger partial charge is 0.481 e. The van der Waals surface area contributed by atoms with E-state index in [4.69, 9.17) is 5.11 Å². The van der Waals surface area contributed by atoms with Crippen molar-refractivity contribution in [3.63, 3.8) is 0 Å². The number of aliphatic carboxylic acids is 1. The molecule has 0 aromatic heterocycles. The maximum Gasteiger partial charge on any atom is 0.307 e. The maximum absolute atomic E-state index is 10.8. The van der Waals surface area contributed by atoms with Gasteiger partial charge in [-0.2, -0.15) is 0 Å². The lowest BCUT2D eigenvalue weighted by atomic mass is 9.94. The first-order valence-corrected chi connectivity index (χ1v) is 6.24. The molecule has 2 saturated carbocycles. The first kappa shape index (κ1) is 9.64. The molecule has 0 spiro atoms. The van der Waals surface area contributed by atoms with Gasteiger partial charge < -0.3 is 5.11 Å². The number of hydrogen-bond donors (Lipinski definition) is 1. The van der Waals surface area contributed by atoms with Gasteiger partial charge in [-0.15, -0.1) is 0 Å². The Morgan fingerprint density at radius 3 is 2.20 bits per heavy atom. The molecule has 1 saturated heterocycles. The van der Waals surface area contributed by atoms with Crippen LogP contribution in [0.2, 0.25) is 0 Å². The zero-order chi connectivity index (χ0) is 10.4. The summed E-state index contributed by atoms with van der Waals surface area (Å²) in [6.07, 6.45) is 6.83. The van der Waals surface area contributed by atoms with Crippen molar-refractivity contribution in [2.24, 2.45) is 17.8 Å². The summed E-state index contributed by atoms with van der Waals surface area (Å²) in [6, 6.07) is 0.779. The molecule has 3 aliphatic rings. The van der Waals surface area contributed by atoms with E-state index < -0.39 is 5.97 Å². The summed E-state index contributed by atoms with van der Waals surface area (Å²) in [5.41, 5.74) is 0. The fourth-order valence-electron chi connectivity index (χ4n) is 3.67. The minimum atomic E-state index is -0.562. The van der Waals surface area contributed by atoms with E-state index in [2.05, 4.69) is 4.90 Å². The number of carboxylic acids is 1. The molecular formula is C12H19NO2. The van der Waals surface area contributed by atoms with Gasteiger partial charge in [0.1, 0.15) is 0 Å². The summed E-state index contributed by atoms with van der Waals surface area (Å²) in [5.74, 6) is 0.423. The molecule has 0 aromatic rings. The van der Waals surface area contributed by atoms with Crippen LogP contribution in [0.1, 0.15) is 32.1 Å². The highest BCUT2D eigenvalue weighted by atomic mass is 16.4. The fourth-order valence-corrected chi connectivity index (χ4v) is 3.67. The molecule has 84 valence electrons. The van der Waals surface area contributed by atoms with Crippen LogP contribution < -0.4 is 0 Å². The molecular weight excluding hydrogens is 190 g/mol. The number of piperidine rings is 1. The number of hydrogen-bond acceptors (Lipinski definition) is 2. The van der Waals surface area contributed by atoms with E-state index in [0.717, 1.165) is 19.1 Å². The highest BCUT2D eigenvalue weighted by molar-refractivity contribution is 5.74. The summed E-state index contributed by atoms with van der Waals surface area (Å²) < 4.78 is 0. The second-order valence-corrected chi connectivity index (χ2v) is 5.44. The molecule has 2 unspecified atom stereocenters. The minimum Gasteiger partial charge on any atom is -0.481 e. The van der Waals surface area contributed by atoms with E-state index in [1.54, 1.807) is 0 Å². The maximum atomic E-state index is 10.8. The van der Waals surface area contributed by atoms with Crippen LogP contribution in [0.4, 0.5) is 0 Å². The van der Waals surface area contributed by atoms with Crippen LogP contribution in [-0.2, 0) is 4.79 Å². The quantitative estimate of drug-likeness (QED) is 0.750. The van der Waals surface area contributed by atoms with Crippen molar-refractivity contribution in [3.8, 4) is 0 Å². The molecule has 3 fully saturated rings. The zero-order valence-corrected chi connectivity index (χ0v) is 9.06. The number of carboxylic acid groups (broad SMARTS) is 1. The van der Waals surface area contributed by atoms with Crippen LogP contribution in [0.5, 0.6) is 0 Å². The molecule has 1 aliphatic heterocycles. The number of rotatable bonds is 2. The summed E-state index contributed by atoms with van der Waals surface area (Å²) in [7, 11) is 0. The Balaban J connectivity index is 1.54. The predicted molar refractivity (Wildman–Crippen MR) is 56.6 cm³/mol. The predicted octanol–water partition coefficient (Wildman–Crippen LogP) is 1.58. The van der Waals surface area contributed by atoms with Gasteiger partial charge in [-0.3, -0.25) is 9.69 Å². The molecule has 2 atom stereocenters. The number of carbonyl (C=O) groups is 1. The molecule has 15 heavy (non-hydrogen) atoms. The summed E-state index contributed by atoms with van der Waals surface area (Å²) in [4.78, 5) is 13.4. The van der Waals surface area contributed by atoms with E-state index in [-0.39, 0.29) is 5.92 Å². The van der Waals surface area contributed by atoms with Gasteiger partial charge in [0, 0.05) is 19.1 Å². The average Bonchev–Trinajstić information content (AvgIpc) is 2.77. The Bertz CT molecular complexity index is 261. The molecule has 2 aliphatic carbocycles. The van der Waals surface area contributed by atoms with E-state index in [9.17, 15) is 4.79 Å².